The van der Waals surface area contributed by atoms with E-state index in [0.29, 0.717) is 12.4 Å². The van der Waals surface area contributed by atoms with Gasteiger partial charge in [0, 0.05) is 23.4 Å². The summed E-state index contributed by atoms with van der Waals surface area (Å²) in [5.41, 5.74) is 0.898. The van der Waals surface area contributed by atoms with Crippen LogP contribution in [0.4, 0.5) is 5.69 Å². The average molecular weight is 414 g/mol. The second kappa shape index (κ2) is 9.56. The normalized spacial score (nSPS) is 18.4. The molecule has 1 aliphatic heterocycles. The third-order valence-electron chi connectivity index (χ3n) is 4.64. The van der Waals surface area contributed by atoms with Crippen LogP contribution < -0.4 is 0 Å². The van der Waals surface area contributed by atoms with Gasteiger partial charge in [-0.3, -0.25) is 14.9 Å². The van der Waals surface area contributed by atoms with E-state index in [2.05, 4.69) is 0 Å². The number of esters is 1. The number of nitrogens with zero attached hydrogens (tertiary/aromatic N) is 2. The highest BCUT2D eigenvalue weighted by atomic mass is 32.2. The molecule has 7 nitrogen and oxygen atoms in total. The maximum absolute atomic E-state index is 13.3. The first kappa shape index (κ1) is 20.9. The molecule has 1 fully saturated rings. The van der Waals surface area contributed by atoms with Crippen molar-refractivity contribution in [3.05, 3.63) is 75.8 Å². The van der Waals surface area contributed by atoms with Gasteiger partial charge >= 0.3 is 5.97 Å². The van der Waals surface area contributed by atoms with Gasteiger partial charge in [0.1, 0.15) is 11.4 Å². The Morgan fingerprint density at radius 3 is 2.66 bits per heavy atom. The molecule has 152 valence electrons. The topological polar surface area (TPSA) is 89.8 Å². The summed E-state index contributed by atoms with van der Waals surface area (Å²) in [5, 5.41) is 10.7. The first-order valence-corrected chi connectivity index (χ1v) is 10.5. The number of unbranched alkanes of at least 4 members (excludes halogenated alkanes) is 1. The van der Waals surface area contributed by atoms with Crippen LogP contribution in [0, 0.1) is 10.1 Å². The number of benzene rings is 2. The van der Waals surface area contributed by atoms with Gasteiger partial charge in [0.25, 0.3) is 11.6 Å². The minimum Gasteiger partial charge on any atom is -0.464 e. The molecule has 0 aromatic heterocycles. The molecule has 3 rings (SSSR count). The van der Waals surface area contributed by atoms with Gasteiger partial charge in [-0.1, -0.05) is 49.7 Å². The highest BCUT2D eigenvalue weighted by Gasteiger charge is 2.43. The fourth-order valence-corrected chi connectivity index (χ4v) is 4.54. The van der Waals surface area contributed by atoms with Gasteiger partial charge in [0.05, 0.1) is 11.5 Å². The highest BCUT2D eigenvalue weighted by molar-refractivity contribution is 7.99. The molecule has 0 bridgehead atoms. The largest absolute Gasteiger partial charge is 0.464 e. The molecular weight excluding hydrogens is 392 g/mol. The third-order valence-corrected chi connectivity index (χ3v) is 5.96. The number of thioether (sulfide) groups is 1. The van der Waals surface area contributed by atoms with Gasteiger partial charge in [-0.05, 0) is 18.1 Å². The van der Waals surface area contributed by atoms with E-state index < -0.39 is 22.8 Å². The molecule has 1 heterocycles. The molecule has 8 heteroatoms. The Morgan fingerprint density at radius 2 is 1.97 bits per heavy atom. The summed E-state index contributed by atoms with van der Waals surface area (Å²) in [7, 11) is 0. The van der Waals surface area contributed by atoms with Gasteiger partial charge in [-0.15, -0.1) is 11.8 Å². The standard InChI is InChI=1S/C21H22N2O5S/c1-2-3-12-28-21(25)18-14-29-20(15-8-5-4-6-9-15)22(18)19(24)16-10-7-11-17(13-16)23(26)27/h4-11,13,18,20H,2-3,12,14H2,1H3. The Labute approximate surface area is 173 Å². The van der Waals surface area contributed by atoms with E-state index in [1.54, 1.807) is 0 Å². The van der Waals surface area contributed by atoms with Gasteiger partial charge in [-0.2, -0.15) is 0 Å². The lowest BCUT2D eigenvalue weighted by atomic mass is 10.1. The molecular formula is C21H22N2O5S. The van der Waals surface area contributed by atoms with Crippen LogP contribution in [0.25, 0.3) is 0 Å². The molecule has 0 aliphatic carbocycles. The maximum atomic E-state index is 13.3. The number of carbonyl (C=O) groups is 2. The zero-order valence-corrected chi connectivity index (χ0v) is 16.8. The number of nitro groups is 1. The summed E-state index contributed by atoms with van der Waals surface area (Å²) in [6.07, 6.45) is 1.65. The van der Waals surface area contributed by atoms with Crippen LogP contribution in [0.3, 0.4) is 0 Å². The van der Waals surface area contributed by atoms with Crippen molar-refractivity contribution in [1.29, 1.82) is 0 Å². The van der Waals surface area contributed by atoms with Crippen molar-refractivity contribution in [1.82, 2.24) is 4.90 Å². The molecule has 0 spiro atoms. The zero-order valence-electron chi connectivity index (χ0n) is 16.0. The molecule has 1 aliphatic rings. The molecule has 0 N–H and O–H groups in total. The Morgan fingerprint density at radius 1 is 1.21 bits per heavy atom. The predicted octanol–water partition coefficient (Wildman–Crippen LogP) is 4.19. The van der Waals surface area contributed by atoms with Crippen LogP contribution in [0.15, 0.2) is 54.6 Å². The van der Waals surface area contributed by atoms with E-state index in [1.165, 1.54) is 40.9 Å². The van der Waals surface area contributed by atoms with E-state index in [-0.39, 0.29) is 16.6 Å². The fourth-order valence-electron chi connectivity index (χ4n) is 3.13. The molecule has 0 radical (unpaired) electrons. The fraction of sp³-hybridized carbons (Fsp3) is 0.333. The minimum atomic E-state index is -0.742. The first-order valence-electron chi connectivity index (χ1n) is 9.43. The van der Waals surface area contributed by atoms with Crippen molar-refractivity contribution in [2.45, 2.75) is 31.2 Å². The smallest absolute Gasteiger partial charge is 0.329 e. The molecule has 1 saturated heterocycles. The Hall–Kier alpha value is -2.87. The van der Waals surface area contributed by atoms with E-state index in [9.17, 15) is 19.7 Å². The monoisotopic (exact) mass is 414 g/mol. The van der Waals surface area contributed by atoms with Crippen molar-refractivity contribution in [3.63, 3.8) is 0 Å². The number of non-ortho nitro benzene ring substituents is 1. The van der Waals surface area contributed by atoms with Crippen LogP contribution in [0.2, 0.25) is 0 Å². The number of hydrogen-bond donors (Lipinski definition) is 0. The van der Waals surface area contributed by atoms with Crippen LogP contribution in [0.1, 0.15) is 41.1 Å². The number of nitro benzene ring substituents is 1. The van der Waals surface area contributed by atoms with E-state index >= 15 is 0 Å². The number of rotatable bonds is 7. The Balaban J connectivity index is 1.92. The maximum Gasteiger partial charge on any atom is 0.329 e. The summed E-state index contributed by atoms with van der Waals surface area (Å²) in [6, 6.07) is 14.3. The Kier molecular flexibility index (Phi) is 6.87. The second-order valence-corrected chi connectivity index (χ2v) is 7.77. The van der Waals surface area contributed by atoms with E-state index in [4.69, 9.17) is 4.74 Å². The highest BCUT2D eigenvalue weighted by Crippen LogP contribution is 2.42. The number of carbonyl (C=O) groups excluding carboxylic acids is 2. The SMILES string of the molecule is CCCCOC(=O)C1CSC(c2ccccc2)N1C(=O)c1cccc([N+](=O)[O-])c1. The number of ether oxygens (including phenoxy) is 1. The van der Waals surface area contributed by atoms with Gasteiger partial charge in [-0.25, -0.2) is 4.79 Å². The zero-order chi connectivity index (χ0) is 20.8. The molecule has 2 atom stereocenters. The van der Waals surface area contributed by atoms with Crippen LogP contribution in [-0.2, 0) is 9.53 Å². The molecule has 2 unspecified atom stereocenters. The van der Waals surface area contributed by atoms with Crippen LogP contribution >= 0.6 is 11.8 Å². The van der Waals surface area contributed by atoms with Crippen molar-refractivity contribution >= 4 is 29.3 Å². The molecule has 0 saturated carbocycles. The molecule has 2 aromatic rings. The lowest BCUT2D eigenvalue weighted by molar-refractivity contribution is -0.384. The summed E-state index contributed by atoms with van der Waals surface area (Å²) in [4.78, 5) is 38.1. The van der Waals surface area contributed by atoms with Crippen molar-refractivity contribution in [2.75, 3.05) is 12.4 Å². The average Bonchev–Trinajstić information content (AvgIpc) is 3.19. The molecule has 29 heavy (non-hydrogen) atoms. The predicted molar refractivity (Wildman–Crippen MR) is 111 cm³/mol. The van der Waals surface area contributed by atoms with Crippen molar-refractivity contribution in [2.24, 2.45) is 0 Å². The minimum absolute atomic E-state index is 0.166. The van der Waals surface area contributed by atoms with E-state index in [0.717, 1.165) is 18.4 Å². The number of hydrogen-bond acceptors (Lipinski definition) is 6. The third kappa shape index (κ3) is 4.76. The van der Waals surface area contributed by atoms with Gasteiger partial charge < -0.3 is 9.64 Å². The van der Waals surface area contributed by atoms with Crippen molar-refractivity contribution < 1.29 is 19.2 Å². The van der Waals surface area contributed by atoms with Crippen molar-refractivity contribution in [3.8, 4) is 0 Å². The molecule has 1 amide bonds. The van der Waals surface area contributed by atoms with E-state index in [1.807, 2.05) is 37.3 Å². The van der Waals surface area contributed by atoms with Crippen LogP contribution in [-0.4, -0.2) is 40.1 Å². The van der Waals surface area contributed by atoms with Gasteiger partial charge in [0.15, 0.2) is 0 Å². The Bertz CT molecular complexity index is 890. The first-order chi connectivity index (χ1) is 14.0. The quantitative estimate of drug-likeness (QED) is 0.292. The van der Waals surface area contributed by atoms with Crippen LogP contribution in [0.5, 0.6) is 0 Å². The summed E-state index contributed by atoms with van der Waals surface area (Å²) >= 11 is 1.48. The van der Waals surface area contributed by atoms with Gasteiger partial charge in [0.2, 0.25) is 0 Å². The summed E-state index contributed by atoms with van der Waals surface area (Å²) < 4.78 is 5.37. The lowest BCUT2D eigenvalue weighted by Crippen LogP contribution is -2.44. The summed E-state index contributed by atoms with van der Waals surface area (Å²) in [6.45, 7) is 2.31. The molecule has 2 aromatic carbocycles. The summed E-state index contributed by atoms with van der Waals surface area (Å²) in [5.74, 6) is -0.460. The number of amides is 1. The second-order valence-electron chi connectivity index (χ2n) is 6.65. The lowest BCUT2D eigenvalue weighted by Gasteiger charge is -2.28.